The van der Waals surface area contributed by atoms with Gasteiger partial charge < -0.3 is 14.8 Å². The first-order valence-corrected chi connectivity index (χ1v) is 9.62. The highest BCUT2D eigenvalue weighted by Crippen LogP contribution is 2.33. The van der Waals surface area contributed by atoms with Crippen LogP contribution >= 0.6 is 23.1 Å². The second kappa shape index (κ2) is 7.75. The lowest BCUT2D eigenvalue weighted by molar-refractivity contribution is -0.133. The molecule has 3 rings (SSSR count). The Morgan fingerprint density at radius 3 is 2.78 bits per heavy atom. The predicted molar refractivity (Wildman–Crippen MR) is 94.4 cm³/mol. The molecule has 4 nitrogen and oxygen atoms in total. The number of fused-ring (bicyclic) bond motifs is 1. The molecule has 1 aromatic carbocycles. The number of hydrogen-bond acceptors (Lipinski definition) is 5. The number of ether oxygens (including phenoxy) is 2. The van der Waals surface area contributed by atoms with E-state index in [2.05, 4.69) is 22.1 Å². The molecule has 2 aromatic rings. The number of amides is 1. The number of benzene rings is 1. The van der Waals surface area contributed by atoms with Crippen LogP contribution in [0, 0.1) is 0 Å². The fourth-order valence-electron chi connectivity index (χ4n) is 2.32. The van der Waals surface area contributed by atoms with Crippen molar-refractivity contribution >= 4 is 29.0 Å². The van der Waals surface area contributed by atoms with Gasteiger partial charge in [0, 0.05) is 18.1 Å². The third-order valence-electron chi connectivity index (χ3n) is 3.50. The quantitative estimate of drug-likeness (QED) is 0.813. The SMILES string of the molecule is C[C@H]1Oc2ccccc2O[C@@H]1C(=O)NCCSCc1ccsc1. The Morgan fingerprint density at radius 2 is 2.04 bits per heavy atom. The zero-order valence-electron chi connectivity index (χ0n) is 12.9. The van der Waals surface area contributed by atoms with E-state index in [1.807, 2.05) is 43.0 Å². The second-order valence-corrected chi connectivity index (χ2v) is 7.17. The van der Waals surface area contributed by atoms with Gasteiger partial charge >= 0.3 is 0 Å². The average molecular weight is 349 g/mol. The summed E-state index contributed by atoms with van der Waals surface area (Å²) in [5.41, 5.74) is 1.33. The molecular weight excluding hydrogens is 330 g/mol. The van der Waals surface area contributed by atoms with Crippen LogP contribution < -0.4 is 14.8 Å². The summed E-state index contributed by atoms with van der Waals surface area (Å²) in [4.78, 5) is 12.3. The summed E-state index contributed by atoms with van der Waals surface area (Å²) in [6.07, 6.45) is -0.907. The number of thiophene rings is 1. The highest BCUT2D eigenvalue weighted by Gasteiger charge is 2.33. The molecule has 0 radical (unpaired) electrons. The van der Waals surface area contributed by atoms with E-state index in [1.54, 1.807) is 11.3 Å². The molecule has 0 unspecified atom stereocenters. The minimum absolute atomic E-state index is 0.122. The third-order valence-corrected chi connectivity index (χ3v) is 5.26. The number of carbonyl (C=O) groups excluding carboxylic acids is 1. The van der Waals surface area contributed by atoms with Gasteiger partial charge in [-0.2, -0.15) is 23.1 Å². The van der Waals surface area contributed by atoms with Crippen molar-refractivity contribution in [3.63, 3.8) is 0 Å². The van der Waals surface area contributed by atoms with Gasteiger partial charge in [0.15, 0.2) is 11.5 Å². The molecule has 122 valence electrons. The molecule has 6 heteroatoms. The van der Waals surface area contributed by atoms with Crippen molar-refractivity contribution in [1.29, 1.82) is 0 Å². The van der Waals surface area contributed by atoms with Crippen LogP contribution in [0.1, 0.15) is 12.5 Å². The summed E-state index contributed by atoms with van der Waals surface area (Å²) in [6.45, 7) is 2.48. The number of thioether (sulfide) groups is 1. The normalized spacial score (nSPS) is 19.3. The molecule has 1 aliphatic rings. The van der Waals surface area contributed by atoms with Crippen molar-refractivity contribution in [3.05, 3.63) is 46.7 Å². The molecule has 0 spiro atoms. The van der Waals surface area contributed by atoms with Crippen LogP contribution in [0.2, 0.25) is 0 Å². The van der Waals surface area contributed by atoms with Crippen LogP contribution in [0.25, 0.3) is 0 Å². The number of hydrogen-bond donors (Lipinski definition) is 1. The topological polar surface area (TPSA) is 47.6 Å². The van der Waals surface area contributed by atoms with Crippen LogP contribution in [-0.4, -0.2) is 30.4 Å². The van der Waals surface area contributed by atoms with Gasteiger partial charge in [-0.15, -0.1) is 0 Å². The molecule has 0 aliphatic carbocycles. The lowest BCUT2D eigenvalue weighted by Crippen LogP contribution is -2.49. The van der Waals surface area contributed by atoms with Crippen molar-refractivity contribution in [1.82, 2.24) is 5.32 Å². The summed E-state index contributed by atoms with van der Waals surface area (Å²) in [5.74, 6) is 3.04. The van der Waals surface area contributed by atoms with Gasteiger partial charge in [-0.25, -0.2) is 0 Å². The van der Waals surface area contributed by atoms with Gasteiger partial charge in [-0.3, -0.25) is 4.79 Å². The number of rotatable bonds is 6. The predicted octanol–water partition coefficient (Wildman–Crippen LogP) is 3.33. The molecule has 1 N–H and O–H groups in total. The maximum atomic E-state index is 12.3. The van der Waals surface area contributed by atoms with E-state index >= 15 is 0 Å². The fraction of sp³-hybridized carbons (Fsp3) is 0.353. The maximum absolute atomic E-state index is 12.3. The van der Waals surface area contributed by atoms with Crippen molar-refractivity contribution in [3.8, 4) is 11.5 Å². The van der Waals surface area contributed by atoms with Gasteiger partial charge in [0.25, 0.3) is 5.91 Å². The lowest BCUT2D eigenvalue weighted by atomic mass is 10.1. The monoisotopic (exact) mass is 349 g/mol. The van der Waals surface area contributed by atoms with Gasteiger partial charge in [0.1, 0.15) is 6.10 Å². The first-order chi connectivity index (χ1) is 11.2. The number of carbonyl (C=O) groups is 1. The molecule has 1 amide bonds. The molecule has 2 heterocycles. The third kappa shape index (κ3) is 4.20. The maximum Gasteiger partial charge on any atom is 0.265 e. The minimum atomic E-state index is -0.605. The molecule has 1 aliphatic heterocycles. The zero-order chi connectivity index (χ0) is 16.1. The summed E-state index contributed by atoms with van der Waals surface area (Å²) in [6, 6.07) is 9.55. The van der Waals surface area contributed by atoms with E-state index in [0.717, 1.165) is 11.5 Å². The highest BCUT2D eigenvalue weighted by molar-refractivity contribution is 7.98. The largest absolute Gasteiger partial charge is 0.482 e. The Hall–Kier alpha value is -1.66. The zero-order valence-corrected chi connectivity index (χ0v) is 14.5. The Bertz CT molecular complexity index is 645. The van der Waals surface area contributed by atoms with E-state index in [0.29, 0.717) is 18.0 Å². The molecule has 0 saturated carbocycles. The lowest BCUT2D eigenvalue weighted by Gasteiger charge is -2.31. The van der Waals surface area contributed by atoms with Crippen molar-refractivity contribution in [2.45, 2.75) is 24.9 Å². The molecular formula is C17H19NO3S2. The van der Waals surface area contributed by atoms with Crippen LogP contribution in [-0.2, 0) is 10.5 Å². The first kappa shape index (κ1) is 16.2. The molecule has 0 fully saturated rings. The number of para-hydroxylation sites is 2. The Morgan fingerprint density at radius 1 is 1.26 bits per heavy atom. The Labute approximate surface area is 144 Å². The van der Waals surface area contributed by atoms with Crippen molar-refractivity contribution in [2.24, 2.45) is 0 Å². The van der Waals surface area contributed by atoms with E-state index in [9.17, 15) is 4.79 Å². The standard InChI is InChI=1S/C17H19NO3S2/c1-12-16(21-15-5-3-2-4-14(15)20-12)17(19)18-7-9-23-11-13-6-8-22-10-13/h2-6,8,10,12,16H,7,9,11H2,1H3,(H,18,19)/t12-,16+/m1/s1. The van der Waals surface area contributed by atoms with E-state index in [1.165, 1.54) is 5.56 Å². The number of nitrogens with one attached hydrogen (secondary N) is 1. The average Bonchev–Trinajstić information content (AvgIpc) is 3.07. The minimum Gasteiger partial charge on any atom is -0.482 e. The van der Waals surface area contributed by atoms with Crippen LogP contribution in [0.5, 0.6) is 11.5 Å². The summed E-state index contributed by atoms with van der Waals surface area (Å²) < 4.78 is 11.5. The Kier molecular flexibility index (Phi) is 5.46. The molecule has 23 heavy (non-hydrogen) atoms. The van der Waals surface area contributed by atoms with E-state index in [4.69, 9.17) is 9.47 Å². The fourth-order valence-corrected chi connectivity index (χ4v) is 3.90. The van der Waals surface area contributed by atoms with E-state index in [-0.39, 0.29) is 12.0 Å². The van der Waals surface area contributed by atoms with Gasteiger partial charge in [-0.1, -0.05) is 12.1 Å². The molecule has 1 aromatic heterocycles. The van der Waals surface area contributed by atoms with Gasteiger partial charge in [-0.05, 0) is 41.4 Å². The van der Waals surface area contributed by atoms with Gasteiger partial charge in [0.2, 0.25) is 6.10 Å². The summed E-state index contributed by atoms with van der Waals surface area (Å²) in [7, 11) is 0. The van der Waals surface area contributed by atoms with Crippen LogP contribution in [0.4, 0.5) is 0 Å². The molecule has 2 atom stereocenters. The second-order valence-electron chi connectivity index (χ2n) is 5.28. The van der Waals surface area contributed by atoms with Gasteiger partial charge in [0.05, 0.1) is 0 Å². The van der Waals surface area contributed by atoms with E-state index < -0.39 is 6.10 Å². The van der Waals surface area contributed by atoms with Crippen LogP contribution in [0.3, 0.4) is 0 Å². The van der Waals surface area contributed by atoms with Crippen LogP contribution in [0.15, 0.2) is 41.1 Å². The highest BCUT2D eigenvalue weighted by atomic mass is 32.2. The van der Waals surface area contributed by atoms with Crippen molar-refractivity contribution in [2.75, 3.05) is 12.3 Å². The summed E-state index contributed by atoms with van der Waals surface area (Å²) >= 11 is 3.52. The molecule has 0 saturated heterocycles. The smallest absolute Gasteiger partial charge is 0.265 e. The summed E-state index contributed by atoms with van der Waals surface area (Å²) in [5, 5.41) is 7.16. The van der Waals surface area contributed by atoms with Crippen molar-refractivity contribution < 1.29 is 14.3 Å². The Balaban J connectivity index is 1.43. The first-order valence-electron chi connectivity index (χ1n) is 7.53. The molecule has 0 bridgehead atoms.